The van der Waals surface area contributed by atoms with Crippen LogP contribution in [0.15, 0.2) is 41.4 Å². The Kier molecular flexibility index (Phi) is 8.17. The van der Waals surface area contributed by atoms with Crippen LogP contribution in [0.5, 0.6) is 5.75 Å². The molecule has 0 saturated carbocycles. The Bertz CT molecular complexity index is 872. The minimum Gasteiger partial charge on any atom is -0.497 e. The molecule has 2 aromatic rings. The van der Waals surface area contributed by atoms with E-state index in [-0.39, 0.29) is 11.8 Å². The third-order valence-corrected chi connectivity index (χ3v) is 5.13. The standard InChI is InChI=1S/C22H29N5O4/c1-3-11-23-19(28)16-26-12-14-27(15-13-26)21(29)6-4-5-20-24-22(25-31-20)17-7-9-18(30-2)10-8-17/h3,7-10H,1,4-6,11-16H2,2H3,(H,23,28). The van der Waals surface area contributed by atoms with Gasteiger partial charge < -0.3 is 19.5 Å². The van der Waals surface area contributed by atoms with Crippen LogP contribution in [-0.2, 0) is 16.0 Å². The fourth-order valence-electron chi connectivity index (χ4n) is 3.36. The zero-order chi connectivity index (χ0) is 22.1. The number of hydrogen-bond acceptors (Lipinski definition) is 7. The predicted octanol–water partition coefficient (Wildman–Crippen LogP) is 1.51. The van der Waals surface area contributed by atoms with E-state index in [1.165, 1.54) is 0 Å². The van der Waals surface area contributed by atoms with Crippen LogP contribution in [-0.4, -0.2) is 78.1 Å². The molecule has 1 aliphatic rings. The second kappa shape index (κ2) is 11.3. The summed E-state index contributed by atoms with van der Waals surface area (Å²) in [6, 6.07) is 7.44. The first-order valence-electron chi connectivity index (χ1n) is 10.4. The number of piperazine rings is 1. The van der Waals surface area contributed by atoms with Gasteiger partial charge in [0.05, 0.1) is 13.7 Å². The van der Waals surface area contributed by atoms with Gasteiger partial charge in [0.15, 0.2) is 0 Å². The number of nitrogens with one attached hydrogen (secondary N) is 1. The molecule has 2 amide bonds. The first kappa shape index (κ1) is 22.5. The van der Waals surface area contributed by atoms with Crippen LogP contribution in [0.3, 0.4) is 0 Å². The van der Waals surface area contributed by atoms with Gasteiger partial charge >= 0.3 is 0 Å². The number of methoxy groups -OCH3 is 1. The van der Waals surface area contributed by atoms with Crippen molar-refractivity contribution in [1.29, 1.82) is 0 Å². The van der Waals surface area contributed by atoms with Gasteiger partial charge in [-0.25, -0.2) is 0 Å². The van der Waals surface area contributed by atoms with Crippen molar-refractivity contribution in [3.05, 3.63) is 42.8 Å². The van der Waals surface area contributed by atoms with Gasteiger partial charge in [0.1, 0.15) is 5.75 Å². The van der Waals surface area contributed by atoms with Gasteiger partial charge in [-0.1, -0.05) is 11.2 Å². The van der Waals surface area contributed by atoms with Gasteiger partial charge in [-0.05, 0) is 30.7 Å². The Morgan fingerprint density at radius 2 is 1.97 bits per heavy atom. The molecule has 1 aromatic heterocycles. The summed E-state index contributed by atoms with van der Waals surface area (Å²) in [6.07, 6.45) is 3.29. The third-order valence-electron chi connectivity index (χ3n) is 5.13. The van der Waals surface area contributed by atoms with Crippen molar-refractivity contribution in [1.82, 2.24) is 25.3 Å². The van der Waals surface area contributed by atoms with Crippen molar-refractivity contribution < 1.29 is 18.8 Å². The zero-order valence-electron chi connectivity index (χ0n) is 17.9. The Morgan fingerprint density at radius 3 is 2.65 bits per heavy atom. The summed E-state index contributed by atoms with van der Waals surface area (Å²) in [5.74, 6) is 1.91. The topological polar surface area (TPSA) is 101 Å². The van der Waals surface area contributed by atoms with Crippen LogP contribution in [0.25, 0.3) is 11.4 Å². The molecule has 0 aliphatic carbocycles. The van der Waals surface area contributed by atoms with E-state index in [4.69, 9.17) is 9.26 Å². The summed E-state index contributed by atoms with van der Waals surface area (Å²) in [5.41, 5.74) is 0.850. The molecule has 0 unspecified atom stereocenters. The van der Waals surface area contributed by atoms with E-state index in [0.29, 0.717) is 70.2 Å². The Hall–Kier alpha value is -3.20. The Labute approximate surface area is 182 Å². The molecule has 2 heterocycles. The third kappa shape index (κ3) is 6.65. The van der Waals surface area contributed by atoms with E-state index in [0.717, 1.165) is 11.3 Å². The summed E-state index contributed by atoms with van der Waals surface area (Å²) < 4.78 is 10.5. The number of rotatable bonds is 10. The molecule has 0 spiro atoms. The molecule has 31 heavy (non-hydrogen) atoms. The summed E-state index contributed by atoms with van der Waals surface area (Å²) in [6.45, 7) is 7.07. The van der Waals surface area contributed by atoms with Crippen molar-refractivity contribution in [2.24, 2.45) is 0 Å². The van der Waals surface area contributed by atoms with E-state index in [1.54, 1.807) is 13.2 Å². The van der Waals surface area contributed by atoms with Crippen LogP contribution >= 0.6 is 0 Å². The zero-order valence-corrected chi connectivity index (χ0v) is 17.9. The molecule has 9 heteroatoms. The van der Waals surface area contributed by atoms with Crippen LogP contribution in [0, 0.1) is 0 Å². The second-order valence-corrected chi connectivity index (χ2v) is 7.34. The summed E-state index contributed by atoms with van der Waals surface area (Å²) in [7, 11) is 1.62. The van der Waals surface area contributed by atoms with E-state index in [1.807, 2.05) is 29.2 Å². The van der Waals surface area contributed by atoms with Gasteiger partial charge in [-0.2, -0.15) is 4.98 Å². The predicted molar refractivity (Wildman–Crippen MR) is 115 cm³/mol. The number of benzene rings is 1. The van der Waals surface area contributed by atoms with Gasteiger partial charge in [-0.3, -0.25) is 14.5 Å². The summed E-state index contributed by atoms with van der Waals surface area (Å²) in [4.78, 5) is 32.6. The van der Waals surface area contributed by atoms with E-state index >= 15 is 0 Å². The van der Waals surface area contributed by atoms with Gasteiger partial charge in [0.2, 0.25) is 23.5 Å². The van der Waals surface area contributed by atoms with Crippen LogP contribution in [0.4, 0.5) is 0 Å². The molecule has 1 aliphatic heterocycles. The van der Waals surface area contributed by atoms with Gasteiger partial charge in [0, 0.05) is 51.1 Å². The molecule has 9 nitrogen and oxygen atoms in total. The quantitative estimate of drug-likeness (QED) is 0.574. The van der Waals surface area contributed by atoms with E-state index in [2.05, 4.69) is 26.9 Å². The van der Waals surface area contributed by atoms with Crippen molar-refractivity contribution in [2.45, 2.75) is 19.3 Å². The number of aryl methyl sites for hydroxylation is 1. The van der Waals surface area contributed by atoms with Crippen LogP contribution in [0.1, 0.15) is 18.7 Å². The minimum atomic E-state index is -0.0201. The molecule has 0 radical (unpaired) electrons. The molecule has 0 atom stereocenters. The maximum absolute atomic E-state index is 12.5. The number of hydrogen-bond donors (Lipinski definition) is 1. The maximum Gasteiger partial charge on any atom is 0.234 e. The number of amides is 2. The van der Waals surface area contributed by atoms with Crippen LogP contribution in [0.2, 0.25) is 0 Å². The molecule has 3 rings (SSSR count). The molecule has 0 bridgehead atoms. The second-order valence-electron chi connectivity index (χ2n) is 7.34. The number of carbonyl (C=O) groups is 2. The maximum atomic E-state index is 12.5. The molecule has 1 N–H and O–H groups in total. The van der Waals surface area contributed by atoms with Crippen LogP contribution < -0.4 is 10.1 Å². The lowest BCUT2D eigenvalue weighted by Crippen LogP contribution is -2.51. The first-order chi connectivity index (χ1) is 15.1. The highest BCUT2D eigenvalue weighted by atomic mass is 16.5. The van der Waals surface area contributed by atoms with Gasteiger partial charge in [0.25, 0.3) is 0 Å². The highest BCUT2D eigenvalue weighted by Crippen LogP contribution is 2.20. The normalized spacial score (nSPS) is 14.3. The molecule has 1 fully saturated rings. The van der Waals surface area contributed by atoms with Gasteiger partial charge in [-0.15, -0.1) is 6.58 Å². The van der Waals surface area contributed by atoms with E-state index < -0.39 is 0 Å². The Balaban J connectivity index is 1.37. The monoisotopic (exact) mass is 427 g/mol. The molecule has 1 aromatic carbocycles. The largest absolute Gasteiger partial charge is 0.497 e. The van der Waals surface area contributed by atoms with Crippen molar-refractivity contribution >= 4 is 11.8 Å². The number of ether oxygens (including phenoxy) is 1. The fourth-order valence-corrected chi connectivity index (χ4v) is 3.36. The highest BCUT2D eigenvalue weighted by Gasteiger charge is 2.22. The first-order valence-corrected chi connectivity index (χ1v) is 10.4. The number of carbonyl (C=O) groups excluding carboxylic acids is 2. The molecule has 1 saturated heterocycles. The average Bonchev–Trinajstić information content (AvgIpc) is 3.27. The van der Waals surface area contributed by atoms with Crippen molar-refractivity contribution in [3.63, 3.8) is 0 Å². The lowest BCUT2D eigenvalue weighted by atomic mass is 10.2. The summed E-state index contributed by atoms with van der Waals surface area (Å²) in [5, 5.41) is 6.78. The van der Waals surface area contributed by atoms with Crippen molar-refractivity contribution in [3.8, 4) is 17.1 Å². The lowest BCUT2D eigenvalue weighted by molar-refractivity contribution is -0.133. The highest BCUT2D eigenvalue weighted by molar-refractivity contribution is 5.78. The molecular weight excluding hydrogens is 398 g/mol. The minimum absolute atomic E-state index is 0.0201. The average molecular weight is 428 g/mol. The SMILES string of the molecule is C=CCNC(=O)CN1CCN(C(=O)CCCc2nc(-c3ccc(OC)cc3)no2)CC1. The number of nitrogens with zero attached hydrogens (tertiary/aromatic N) is 4. The smallest absolute Gasteiger partial charge is 0.234 e. The molecular formula is C22H29N5O4. The van der Waals surface area contributed by atoms with E-state index in [9.17, 15) is 9.59 Å². The number of aromatic nitrogens is 2. The molecule has 166 valence electrons. The lowest BCUT2D eigenvalue weighted by Gasteiger charge is -2.34. The summed E-state index contributed by atoms with van der Waals surface area (Å²) >= 11 is 0. The Morgan fingerprint density at radius 1 is 1.23 bits per heavy atom. The van der Waals surface area contributed by atoms with Crippen molar-refractivity contribution in [2.75, 3.05) is 46.4 Å². The fraction of sp³-hybridized carbons (Fsp3) is 0.455.